The normalized spacial score (nSPS) is 13.9. The first-order chi connectivity index (χ1) is 16.3. The average molecular weight is 474 g/mol. The monoisotopic (exact) mass is 473 g/mol. The topological polar surface area (TPSA) is 37.4 Å². The number of rotatable bonds is 10. The van der Waals surface area contributed by atoms with Crippen LogP contribution in [-0.4, -0.2) is 28.0 Å². The Hall–Kier alpha value is -2.76. The smallest absolute Gasteiger partial charge is 0.130 e. The van der Waals surface area contributed by atoms with Gasteiger partial charge in [-0.1, -0.05) is 31.7 Å². The molecule has 1 saturated heterocycles. The van der Waals surface area contributed by atoms with Gasteiger partial charge in [-0.3, -0.25) is 0 Å². The van der Waals surface area contributed by atoms with Crippen molar-refractivity contribution in [3.8, 4) is 5.75 Å². The summed E-state index contributed by atoms with van der Waals surface area (Å²) in [5, 5.41) is 3.35. The highest BCUT2D eigenvalue weighted by Gasteiger charge is 2.18. The number of aryl methyl sites for hydroxylation is 1. The standard InChI is InChI=1S/C29H35N3OS/c1-6-29(4,5)33-26-18-24(16-23-9-11-27(12-10-23)34-32-14-7-15-32)17-25(19-26)22(3)31-28-13-8-21(2)20-30-28/h8-13,17-20H,3,6-7,14-16H2,1-2,4-5H3,(H,30,31). The second-order valence-corrected chi connectivity index (χ2v) is 10.8. The molecule has 0 aliphatic carbocycles. The van der Waals surface area contributed by atoms with E-state index in [4.69, 9.17) is 4.74 Å². The molecule has 0 amide bonds. The Kier molecular flexibility index (Phi) is 7.64. The highest BCUT2D eigenvalue weighted by atomic mass is 32.2. The average Bonchev–Trinajstić information content (AvgIpc) is 2.78. The van der Waals surface area contributed by atoms with E-state index in [1.165, 1.54) is 35.5 Å². The number of anilines is 1. The third-order valence-corrected chi connectivity index (χ3v) is 7.24. The predicted molar refractivity (Wildman–Crippen MR) is 144 cm³/mol. The van der Waals surface area contributed by atoms with E-state index in [-0.39, 0.29) is 5.60 Å². The summed E-state index contributed by atoms with van der Waals surface area (Å²) in [5.74, 6) is 1.65. The highest BCUT2D eigenvalue weighted by Crippen LogP contribution is 2.30. The first-order valence-corrected chi connectivity index (χ1v) is 12.8. The third kappa shape index (κ3) is 6.64. The maximum absolute atomic E-state index is 6.37. The van der Waals surface area contributed by atoms with Gasteiger partial charge in [0.15, 0.2) is 0 Å². The maximum atomic E-state index is 6.37. The number of aromatic nitrogens is 1. The first-order valence-electron chi connectivity index (χ1n) is 12.0. The molecular formula is C29H35N3OS. The zero-order valence-corrected chi connectivity index (χ0v) is 21.5. The minimum Gasteiger partial charge on any atom is -0.488 e. The van der Waals surface area contributed by atoms with Crippen molar-refractivity contribution in [2.24, 2.45) is 0 Å². The Bertz CT molecular complexity index is 1120. The lowest BCUT2D eigenvalue weighted by Crippen LogP contribution is -2.30. The van der Waals surface area contributed by atoms with Crippen molar-refractivity contribution in [2.45, 2.75) is 57.5 Å². The van der Waals surface area contributed by atoms with Crippen LogP contribution in [0, 0.1) is 6.92 Å². The largest absolute Gasteiger partial charge is 0.488 e. The van der Waals surface area contributed by atoms with E-state index >= 15 is 0 Å². The highest BCUT2D eigenvalue weighted by molar-refractivity contribution is 7.97. The van der Waals surface area contributed by atoms with Crippen molar-refractivity contribution >= 4 is 23.5 Å². The van der Waals surface area contributed by atoms with Gasteiger partial charge in [0.25, 0.3) is 0 Å². The van der Waals surface area contributed by atoms with E-state index in [0.29, 0.717) is 0 Å². The van der Waals surface area contributed by atoms with Crippen molar-refractivity contribution in [3.63, 3.8) is 0 Å². The van der Waals surface area contributed by atoms with E-state index in [9.17, 15) is 0 Å². The zero-order valence-electron chi connectivity index (χ0n) is 20.7. The fraction of sp³-hybridized carbons (Fsp3) is 0.345. The lowest BCUT2D eigenvalue weighted by atomic mass is 10.0. The van der Waals surface area contributed by atoms with Crippen molar-refractivity contribution in [3.05, 3.63) is 89.6 Å². The fourth-order valence-electron chi connectivity index (χ4n) is 3.59. The molecule has 0 unspecified atom stereocenters. The van der Waals surface area contributed by atoms with Crippen LogP contribution in [0.15, 0.2) is 72.3 Å². The van der Waals surface area contributed by atoms with Crippen LogP contribution >= 0.6 is 11.9 Å². The van der Waals surface area contributed by atoms with Crippen molar-refractivity contribution in [1.82, 2.24) is 9.29 Å². The molecular weight excluding hydrogens is 438 g/mol. The minimum atomic E-state index is -0.237. The summed E-state index contributed by atoms with van der Waals surface area (Å²) in [6, 6.07) is 19.3. The van der Waals surface area contributed by atoms with Crippen LogP contribution in [0.3, 0.4) is 0 Å². The molecule has 1 aromatic heterocycles. The molecule has 2 heterocycles. The number of hydrogen-bond donors (Lipinski definition) is 1. The molecule has 0 atom stereocenters. The van der Waals surface area contributed by atoms with E-state index in [1.807, 2.05) is 37.2 Å². The summed E-state index contributed by atoms with van der Waals surface area (Å²) in [6.07, 6.45) is 4.92. The van der Waals surface area contributed by atoms with Gasteiger partial charge in [0.05, 0.1) is 0 Å². The number of ether oxygens (including phenoxy) is 1. The van der Waals surface area contributed by atoms with Crippen LogP contribution in [-0.2, 0) is 6.42 Å². The van der Waals surface area contributed by atoms with Crippen LogP contribution in [0.1, 0.15) is 55.9 Å². The molecule has 0 spiro atoms. The summed E-state index contributed by atoms with van der Waals surface area (Å²) >= 11 is 1.85. The van der Waals surface area contributed by atoms with E-state index in [1.54, 1.807) is 0 Å². The van der Waals surface area contributed by atoms with E-state index < -0.39 is 0 Å². The quantitative estimate of drug-likeness (QED) is 0.312. The molecule has 1 aliphatic rings. The minimum absolute atomic E-state index is 0.237. The third-order valence-electron chi connectivity index (χ3n) is 6.13. The number of nitrogens with one attached hydrogen (secondary N) is 1. The molecule has 2 aromatic carbocycles. The van der Waals surface area contributed by atoms with Crippen molar-refractivity contribution < 1.29 is 4.74 Å². The molecule has 3 aromatic rings. The summed E-state index contributed by atoms with van der Waals surface area (Å²) in [7, 11) is 0. The molecule has 0 saturated carbocycles. The molecule has 4 nitrogen and oxygen atoms in total. The lowest BCUT2D eigenvalue weighted by molar-refractivity contribution is 0.105. The first kappa shape index (κ1) is 24.4. The number of pyridine rings is 1. The molecule has 4 rings (SSSR count). The van der Waals surface area contributed by atoms with Crippen molar-refractivity contribution in [1.29, 1.82) is 0 Å². The summed E-state index contributed by atoms with van der Waals surface area (Å²) < 4.78 is 8.78. The summed E-state index contributed by atoms with van der Waals surface area (Å²) in [5.41, 5.74) is 5.18. The second-order valence-electron chi connectivity index (χ2n) is 9.60. The van der Waals surface area contributed by atoms with Gasteiger partial charge in [-0.2, -0.15) is 0 Å². The second kappa shape index (κ2) is 10.7. The van der Waals surface area contributed by atoms with Crippen LogP contribution in [0.4, 0.5) is 5.82 Å². The Balaban J connectivity index is 1.54. The van der Waals surface area contributed by atoms with E-state index in [2.05, 4.69) is 84.4 Å². The van der Waals surface area contributed by atoms with Gasteiger partial charge in [-0.05, 0) is 105 Å². The van der Waals surface area contributed by atoms with Crippen molar-refractivity contribution in [2.75, 3.05) is 18.4 Å². The maximum Gasteiger partial charge on any atom is 0.130 e. The van der Waals surface area contributed by atoms with Gasteiger partial charge in [-0.25, -0.2) is 9.29 Å². The summed E-state index contributed by atoms with van der Waals surface area (Å²) in [6.45, 7) is 15.1. The Morgan fingerprint density at radius 2 is 1.85 bits per heavy atom. The fourth-order valence-corrected chi connectivity index (χ4v) is 4.58. The van der Waals surface area contributed by atoms with Crippen LogP contribution in [0.5, 0.6) is 5.75 Å². The molecule has 178 valence electrons. The van der Waals surface area contributed by atoms with E-state index in [0.717, 1.165) is 41.2 Å². The van der Waals surface area contributed by atoms with Crippen LogP contribution in [0.25, 0.3) is 5.70 Å². The summed E-state index contributed by atoms with van der Waals surface area (Å²) in [4.78, 5) is 5.76. The molecule has 0 bridgehead atoms. The van der Waals surface area contributed by atoms with Crippen LogP contribution in [0.2, 0.25) is 0 Å². The molecule has 1 N–H and O–H groups in total. The van der Waals surface area contributed by atoms with Gasteiger partial charge < -0.3 is 10.1 Å². The molecule has 5 heteroatoms. The Labute approximate surface area is 208 Å². The SMILES string of the molecule is C=C(Nc1ccc(C)cn1)c1cc(Cc2ccc(SN3CCC3)cc2)cc(OC(C)(C)CC)c1. The zero-order chi connectivity index (χ0) is 24.1. The molecule has 34 heavy (non-hydrogen) atoms. The number of hydrogen-bond acceptors (Lipinski definition) is 5. The molecule has 1 aliphatic heterocycles. The molecule has 1 fully saturated rings. The number of benzene rings is 2. The predicted octanol–water partition coefficient (Wildman–Crippen LogP) is 7.34. The van der Waals surface area contributed by atoms with Gasteiger partial charge >= 0.3 is 0 Å². The van der Waals surface area contributed by atoms with Gasteiger partial charge in [0.2, 0.25) is 0 Å². The van der Waals surface area contributed by atoms with Gasteiger partial charge in [-0.15, -0.1) is 0 Å². The van der Waals surface area contributed by atoms with Gasteiger partial charge in [0.1, 0.15) is 17.2 Å². The van der Waals surface area contributed by atoms with Gasteiger partial charge in [0, 0.05) is 35.4 Å². The lowest BCUT2D eigenvalue weighted by Gasteiger charge is -2.29. The Morgan fingerprint density at radius 1 is 1.09 bits per heavy atom. The molecule has 0 radical (unpaired) electrons. The van der Waals surface area contributed by atoms with Crippen LogP contribution < -0.4 is 10.1 Å². The number of nitrogens with zero attached hydrogens (tertiary/aromatic N) is 2. The Morgan fingerprint density at radius 3 is 2.47 bits per heavy atom.